The first-order chi connectivity index (χ1) is 9.24. The SMILES string of the molecule is Cc1ccc(NCn2c(=O)sc3ccccc32)cc1. The molecule has 1 N–H and O–H groups in total. The molecule has 0 aliphatic heterocycles. The first-order valence-corrected chi connectivity index (χ1v) is 6.94. The zero-order valence-electron chi connectivity index (χ0n) is 10.6. The number of nitrogens with one attached hydrogen (secondary N) is 1. The molecule has 0 bridgehead atoms. The molecule has 2 aromatic carbocycles. The molecule has 0 unspecified atom stereocenters. The fourth-order valence-corrected chi connectivity index (χ4v) is 2.90. The van der Waals surface area contributed by atoms with Crippen molar-refractivity contribution in [2.24, 2.45) is 0 Å². The summed E-state index contributed by atoms with van der Waals surface area (Å²) in [6.07, 6.45) is 0. The monoisotopic (exact) mass is 270 g/mol. The van der Waals surface area contributed by atoms with Gasteiger partial charge in [0, 0.05) is 5.69 Å². The van der Waals surface area contributed by atoms with Crippen molar-refractivity contribution in [1.29, 1.82) is 0 Å². The molecule has 0 aliphatic rings. The molecule has 0 amide bonds. The number of nitrogens with zero attached hydrogens (tertiary/aromatic N) is 1. The van der Waals surface area contributed by atoms with E-state index in [0.29, 0.717) is 6.67 Å². The Morgan fingerprint density at radius 3 is 2.63 bits per heavy atom. The van der Waals surface area contributed by atoms with Crippen LogP contribution in [0, 0.1) is 6.92 Å². The van der Waals surface area contributed by atoms with E-state index in [0.717, 1.165) is 15.9 Å². The summed E-state index contributed by atoms with van der Waals surface area (Å²) in [5, 5.41) is 3.28. The summed E-state index contributed by atoms with van der Waals surface area (Å²) in [6, 6.07) is 16.0. The summed E-state index contributed by atoms with van der Waals surface area (Å²) in [4.78, 5) is 12.0. The highest BCUT2D eigenvalue weighted by molar-refractivity contribution is 7.16. The number of aromatic nitrogens is 1. The van der Waals surface area contributed by atoms with Crippen LogP contribution in [-0.4, -0.2) is 4.57 Å². The number of thiazole rings is 1. The largest absolute Gasteiger partial charge is 0.367 e. The normalized spacial score (nSPS) is 10.8. The Hall–Kier alpha value is -2.07. The molecule has 0 fully saturated rings. The van der Waals surface area contributed by atoms with Gasteiger partial charge in [-0.1, -0.05) is 41.2 Å². The van der Waals surface area contributed by atoms with Crippen LogP contribution < -0.4 is 10.2 Å². The van der Waals surface area contributed by atoms with Gasteiger partial charge in [0.2, 0.25) is 0 Å². The molecule has 1 aromatic heterocycles. The Bertz CT molecular complexity index is 756. The van der Waals surface area contributed by atoms with Crippen LogP contribution in [-0.2, 0) is 6.67 Å². The zero-order chi connectivity index (χ0) is 13.2. The van der Waals surface area contributed by atoms with Crippen molar-refractivity contribution >= 4 is 27.2 Å². The van der Waals surface area contributed by atoms with Gasteiger partial charge < -0.3 is 5.32 Å². The Labute approximate surface area is 115 Å². The molecule has 0 saturated carbocycles. The van der Waals surface area contributed by atoms with Crippen LogP contribution in [0.15, 0.2) is 53.3 Å². The molecule has 3 nitrogen and oxygen atoms in total. The smallest absolute Gasteiger partial charge is 0.309 e. The first kappa shape index (κ1) is 12.0. The average molecular weight is 270 g/mol. The predicted molar refractivity (Wildman–Crippen MR) is 80.9 cm³/mol. The Kier molecular flexibility index (Phi) is 3.09. The lowest BCUT2D eigenvalue weighted by atomic mass is 10.2. The molecule has 3 rings (SSSR count). The maximum Gasteiger partial charge on any atom is 0.309 e. The van der Waals surface area contributed by atoms with E-state index in [1.807, 2.05) is 36.4 Å². The van der Waals surface area contributed by atoms with E-state index in [4.69, 9.17) is 0 Å². The molecular weight excluding hydrogens is 256 g/mol. The van der Waals surface area contributed by atoms with Crippen molar-refractivity contribution in [3.63, 3.8) is 0 Å². The van der Waals surface area contributed by atoms with Crippen molar-refractivity contribution < 1.29 is 0 Å². The molecule has 0 aliphatic carbocycles. The fourth-order valence-electron chi connectivity index (χ4n) is 2.01. The minimum absolute atomic E-state index is 0.0702. The van der Waals surface area contributed by atoms with Gasteiger partial charge in [0.15, 0.2) is 0 Å². The number of rotatable bonds is 3. The third-order valence-electron chi connectivity index (χ3n) is 3.07. The van der Waals surface area contributed by atoms with Gasteiger partial charge in [-0.2, -0.15) is 0 Å². The van der Waals surface area contributed by atoms with Crippen molar-refractivity contribution in [3.05, 3.63) is 63.8 Å². The molecule has 96 valence electrons. The number of hydrogen-bond acceptors (Lipinski definition) is 3. The molecule has 3 aromatic rings. The number of para-hydroxylation sites is 1. The highest BCUT2D eigenvalue weighted by Crippen LogP contribution is 2.17. The number of aryl methyl sites for hydroxylation is 1. The van der Waals surface area contributed by atoms with Crippen molar-refractivity contribution in [3.8, 4) is 0 Å². The van der Waals surface area contributed by atoms with Gasteiger partial charge >= 0.3 is 4.87 Å². The lowest BCUT2D eigenvalue weighted by Crippen LogP contribution is -2.18. The van der Waals surface area contributed by atoms with Crippen molar-refractivity contribution in [1.82, 2.24) is 4.57 Å². The number of fused-ring (bicyclic) bond motifs is 1. The van der Waals surface area contributed by atoms with Crippen LogP contribution in [0.1, 0.15) is 5.56 Å². The van der Waals surface area contributed by atoms with Crippen LogP contribution in [0.3, 0.4) is 0 Å². The highest BCUT2D eigenvalue weighted by atomic mass is 32.1. The second-order valence-corrected chi connectivity index (χ2v) is 5.46. The lowest BCUT2D eigenvalue weighted by molar-refractivity contribution is 0.792. The van der Waals surface area contributed by atoms with Gasteiger partial charge in [-0.25, -0.2) is 0 Å². The van der Waals surface area contributed by atoms with Crippen LogP contribution in [0.25, 0.3) is 10.2 Å². The molecule has 0 atom stereocenters. The fraction of sp³-hybridized carbons (Fsp3) is 0.133. The minimum atomic E-state index is 0.0702. The Morgan fingerprint density at radius 2 is 1.84 bits per heavy atom. The van der Waals surface area contributed by atoms with Gasteiger partial charge in [-0.05, 0) is 31.2 Å². The summed E-state index contributed by atoms with van der Waals surface area (Å²) < 4.78 is 2.79. The predicted octanol–water partition coefficient (Wildman–Crippen LogP) is 3.44. The Balaban J connectivity index is 1.87. The van der Waals surface area contributed by atoms with Gasteiger partial charge in [0.1, 0.15) is 0 Å². The standard InChI is InChI=1S/C15H14N2OS/c1-11-6-8-12(9-7-11)16-10-17-13-4-2-3-5-14(13)19-15(17)18/h2-9,16H,10H2,1H3. The van der Waals surface area contributed by atoms with E-state index in [-0.39, 0.29) is 4.87 Å². The molecule has 1 heterocycles. The highest BCUT2D eigenvalue weighted by Gasteiger charge is 2.05. The molecular formula is C15H14N2OS. The van der Waals surface area contributed by atoms with E-state index in [1.54, 1.807) is 4.57 Å². The first-order valence-electron chi connectivity index (χ1n) is 6.13. The average Bonchev–Trinajstić information content (AvgIpc) is 2.74. The Morgan fingerprint density at radius 1 is 1.11 bits per heavy atom. The molecule has 4 heteroatoms. The lowest BCUT2D eigenvalue weighted by Gasteiger charge is -2.08. The summed E-state index contributed by atoms with van der Waals surface area (Å²) in [5.41, 5.74) is 3.23. The molecule has 0 radical (unpaired) electrons. The van der Waals surface area contributed by atoms with E-state index < -0.39 is 0 Å². The van der Waals surface area contributed by atoms with Gasteiger partial charge in [0.25, 0.3) is 0 Å². The third kappa shape index (κ3) is 2.39. The third-order valence-corrected chi connectivity index (χ3v) is 4.03. The van der Waals surface area contributed by atoms with Crippen LogP contribution in [0.5, 0.6) is 0 Å². The zero-order valence-corrected chi connectivity index (χ0v) is 11.4. The molecule has 0 saturated heterocycles. The van der Waals surface area contributed by atoms with E-state index in [1.165, 1.54) is 16.9 Å². The van der Waals surface area contributed by atoms with E-state index >= 15 is 0 Å². The van der Waals surface area contributed by atoms with Gasteiger partial charge in [-0.3, -0.25) is 9.36 Å². The summed E-state index contributed by atoms with van der Waals surface area (Å²) in [7, 11) is 0. The minimum Gasteiger partial charge on any atom is -0.367 e. The van der Waals surface area contributed by atoms with Gasteiger partial charge in [-0.15, -0.1) is 0 Å². The summed E-state index contributed by atoms with van der Waals surface area (Å²) >= 11 is 1.28. The second kappa shape index (κ2) is 4.90. The topological polar surface area (TPSA) is 34.0 Å². The molecule has 0 spiro atoms. The van der Waals surface area contributed by atoms with Gasteiger partial charge in [0.05, 0.1) is 16.9 Å². The quantitative estimate of drug-likeness (QED) is 0.791. The van der Waals surface area contributed by atoms with Crippen LogP contribution in [0.4, 0.5) is 5.69 Å². The van der Waals surface area contributed by atoms with Crippen molar-refractivity contribution in [2.75, 3.05) is 5.32 Å². The number of anilines is 1. The van der Waals surface area contributed by atoms with Crippen LogP contribution >= 0.6 is 11.3 Å². The molecule has 19 heavy (non-hydrogen) atoms. The second-order valence-electron chi connectivity index (χ2n) is 4.46. The summed E-state index contributed by atoms with van der Waals surface area (Å²) in [6.45, 7) is 2.55. The van der Waals surface area contributed by atoms with E-state index in [2.05, 4.69) is 24.4 Å². The maximum absolute atomic E-state index is 12.0. The van der Waals surface area contributed by atoms with E-state index in [9.17, 15) is 4.79 Å². The van der Waals surface area contributed by atoms with Crippen LogP contribution in [0.2, 0.25) is 0 Å². The summed E-state index contributed by atoms with van der Waals surface area (Å²) in [5.74, 6) is 0. The van der Waals surface area contributed by atoms with Crippen molar-refractivity contribution in [2.45, 2.75) is 13.6 Å². The number of hydrogen-bond donors (Lipinski definition) is 1. The number of benzene rings is 2. The maximum atomic E-state index is 12.0.